The minimum atomic E-state index is -1.45. The number of phenolic OH excluding ortho intramolecular Hbond substituents is 1. The molecule has 12 nitrogen and oxygen atoms in total. The van der Waals surface area contributed by atoms with E-state index in [4.69, 9.17) is 10.5 Å². The van der Waals surface area contributed by atoms with Crippen LogP contribution in [0.3, 0.4) is 0 Å². The van der Waals surface area contributed by atoms with E-state index in [1.54, 1.807) is 39.8 Å². The fraction of sp³-hybridized carbons (Fsp3) is 0.577. The van der Waals surface area contributed by atoms with Gasteiger partial charge in [-0.15, -0.1) is 0 Å². The lowest BCUT2D eigenvalue weighted by Crippen LogP contribution is -2.54. The number of phenols is 1. The summed E-state index contributed by atoms with van der Waals surface area (Å²) in [5, 5.41) is 15.6. The van der Waals surface area contributed by atoms with Crippen molar-refractivity contribution in [2.75, 3.05) is 20.2 Å². The third-order valence-corrected chi connectivity index (χ3v) is 5.44. The minimum absolute atomic E-state index is 0.0433. The summed E-state index contributed by atoms with van der Waals surface area (Å²) in [6.45, 7) is 8.06. The maximum absolute atomic E-state index is 13.9. The number of nitrogens with one attached hydrogen (secondary N) is 2. The van der Waals surface area contributed by atoms with E-state index in [0.29, 0.717) is 18.4 Å². The summed E-state index contributed by atoms with van der Waals surface area (Å²) in [7, 11) is 1.16. The number of nitrogens with zero attached hydrogens (tertiary/aromatic N) is 1. The Bertz CT molecular complexity index is 1010. The number of hydrogen-bond acceptors (Lipinski definition) is 8. The lowest BCUT2D eigenvalue weighted by Gasteiger charge is -2.34. The highest BCUT2D eigenvalue weighted by atomic mass is 16.6. The number of primary amides is 1. The van der Waals surface area contributed by atoms with Crippen molar-refractivity contribution in [3.8, 4) is 5.75 Å². The van der Waals surface area contributed by atoms with E-state index >= 15 is 0 Å². The SMILES string of the molecule is CCCCCN(C(=O)C(CC(N)=O)NC(=O)OC(C)(C)C)C(C(=O)NCC(=O)OC)c1cccc(C)c1O. The van der Waals surface area contributed by atoms with Crippen LogP contribution >= 0.6 is 0 Å². The van der Waals surface area contributed by atoms with Gasteiger partial charge in [-0.2, -0.15) is 0 Å². The highest BCUT2D eigenvalue weighted by molar-refractivity contribution is 5.95. The van der Waals surface area contributed by atoms with Crippen molar-refractivity contribution >= 4 is 29.8 Å². The van der Waals surface area contributed by atoms with Gasteiger partial charge in [-0.1, -0.05) is 38.0 Å². The van der Waals surface area contributed by atoms with Gasteiger partial charge in [0.05, 0.1) is 13.5 Å². The van der Waals surface area contributed by atoms with Gasteiger partial charge in [0, 0.05) is 12.1 Å². The van der Waals surface area contributed by atoms with E-state index in [2.05, 4.69) is 15.4 Å². The Labute approximate surface area is 223 Å². The lowest BCUT2D eigenvalue weighted by molar-refractivity contribution is -0.145. The van der Waals surface area contributed by atoms with Gasteiger partial charge in [0.1, 0.15) is 30.0 Å². The first-order chi connectivity index (χ1) is 17.7. The average Bonchev–Trinajstić information content (AvgIpc) is 2.81. The van der Waals surface area contributed by atoms with Gasteiger partial charge in [0.25, 0.3) is 0 Å². The quantitative estimate of drug-likeness (QED) is 0.218. The summed E-state index contributed by atoms with van der Waals surface area (Å²) >= 11 is 0. The van der Waals surface area contributed by atoms with E-state index in [1.807, 2.05) is 6.92 Å². The molecule has 0 fully saturated rings. The van der Waals surface area contributed by atoms with Gasteiger partial charge in [0.2, 0.25) is 17.7 Å². The zero-order chi connectivity index (χ0) is 29.0. The van der Waals surface area contributed by atoms with E-state index in [0.717, 1.165) is 13.5 Å². The van der Waals surface area contributed by atoms with E-state index in [-0.39, 0.29) is 17.9 Å². The van der Waals surface area contributed by atoms with Crippen LogP contribution < -0.4 is 16.4 Å². The number of aromatic hydroxyl groups is 1. The van der Waals surface area contributed by atoms with Crippen LogP contribution in [0.2, 0.25) is 0 Å². The summed E-state index contributed by atoms with van der Waals surface area (Å²) < 4.78 is 9.82. The molecule has 0 aliphatic rings. The van der Waals surface area contributed by atoms with E-state index < -0.39 is 60.4 Å². The van der Waals surface area contributed by atoms with Crippen LogP contribution in [-0.4, -0.2) is 71.6 Å². The van der Waals surface area contributed by atoms with Gasteiger partial charge < -0.3 is 35.8 Å². The first-order valence-corrected chi connectivity index (χ1v) is 12.4. The second-order valence-corrected chi connectivity index (χ2v) is 9.82. The Morgan fingerprint density at radius 3 is 2.34 bits per heavy atom. The number of alkyl carbamates (subject to hydrolysis) is 1. The molecule has 38 heavy (non-hydrogen) atoms. The van der Waals surface area contributed by atoms with E-state index in [1.165, 1.54) is 11.0 Å². The zero-order valence-corrected chi connectivity index (χ0v) is 23.0. The number of aryl methyl sites for hydroxylation is 1. The Morgan fingerprint density at radius 1 is 1.13 bits per heavy atom. The Balaban J connectivity index is 3.58. The van der Waals surface area contributed by atoms with Crippen molar-refractivity contribution in [1.29, 1.82) is 0 Å². The van der Waals surface area contributed by atoms with Gasteiger partial charge in [-0.3, -0.25) is 19.2 Å². The minimum Gasteiger partial charge on any atom is -0.507 e. The smallest absolute Gasteiger partial charge is 0.408 e. The number of ether oxygens (including phenoxy) is 2. The number of carbonyl (C=O) groups excluding carboxylic acids is 5. The summed E-state index contributed by atoms with van der Waals surface area (Å²) in [6.07, 6.45) is 0.484. The van der Waals surface area contributed by atoms with Gasteiger partial charge in [0.15, 0.2) is 0 Å². The average molecular weight is 537 g/mol. The molecular weight excluding hydrogens is 496 g/mol. The molecule has 0 aliphatic heterocycles. The van der Waals surface area contributed by atoms with Crippen LogP contribution in [0.4, 0.5) is 4.79 Å². The van der Waals surface area contributed by atoms with Crippen molar-refractivity contribution in [2.24, 2.45) is 5.73 Å². The molecule has 12 heteroatoms. The normalized spacial score (nSPS) is 12.6. The third-order valence-electron chi connectivity index (χ3n) is 5.44. The van der Waals surface area contributed by atoms with Gasteiger partial charge in [-0.25, -0.2) is 4.79 Å². The largest absolute Gasteiger partial charge is 0.507 e. The summed E-state index contributed by atoms with van der Waals surface area (Å²) in [5.74, 6) is -3.35. The summed E-state index contributed by atoms with van der Waals surface area (Å²) in [6, 6.07) is 1.87. The standard InChI is InChI=1S/C26H40N4O8/c1-7-8-9-13-30(24(35)18(14-19(27)31)29-25(36)38-26(3,4)5)21(23(34)28-15-20(32)37-6)17-12-10-11-16(2)22(17)33/h10-12,18,21,33H,7-9,13-15H2,1-6H3,(H2,27,31)(H,28,34)(H,29,36). The summed E-state index contributed by atoms with van der Waals surface area (Å²) in [5.41, 5.74) is 5.05. The first kappa shape index (κ1) is 32.2. The molecule has 212 valence electrons. The maximum atomic E-state index is 13.9. The molecule has 0 heterocycles. The van der Waals surface area contributed by atoms with Gasteiger partial charge in [-0.05, 0) is 39.7 Å². The first-order valence-electron chi connectivity index (χ1n) is 12.4. The molecule has 0 saturated carbocycles. The van der Waals surface area contributed by atoms with Crippen molar-refractivity contribution in [1.82, 2.24) is 15.5 Å². The van der Waals surface area contributed by atoms with Crippen molar-refractivity contribution in [2.45, 2.75) is 78.0 Å². The molecular formula is C26H40N4O8. The molecule has 4 amide bonds. The van der Waals surface area contributed by atoms with Crippen LogP contribution in [0.1, 0.15) is 70.5 Å². The molecule has 0 spiro atoms. The lowest BCUT2D eigenvalue weighted by atomic mass is 9.98. The second-order valence-electron chi connectivity index (χ2n) is 9.82. The number of rotatable bonds is 13. The molecule has 5 N–H and O–H groups in total. The number of carbonyl (C=O) groups is 5. The number of hydrogen-bond donors (Lipinski definition) is 4. The molecule has 2 unspecified atom stereocenters. The van der Waals surface area contributed by atoms with Crippen LogP contribution in [0.15, 0.2) is 18.2 Å². The Morgan fingerprint density at radius 2 is 1.79 bits per heavy atom. The Hall–Kier alpha value is -3.83. The second kappa shape index (κ2) is 14.8. The van der Waals surface area contributed by atoms with Gasteiger partial charge >= 0.3 is 12.1 Å². The highest BCUT2D eigenvalue weighted by Gasteiger charge is 2.38. The fourth-order valence-electron chi connectivity index (χ4n) is 3.63. The predicted octanol–water partition coefficient (Wildman–Crippen LogP) is 1.82. The molecule has 0 aromatic heterocycles. The van der Waals surface area contributed by atoms with Crippen LogP contribution in [0.5, 0.6) is 5.75 Å². The number of para-hydroxylation sites is 1. The molecule has 0 bridgehead atoms. The van der Waals surface area contributed by atoms with Crippen LogP contribution in [0, 0.1) is 6.92 Å². The van der Waals surface area contributed by atoms with E-state index in [9.17, 15) is 29.1 Å². The maximum Gasteiger partial charge on any atom is 0.408 e. The molecule has 1 rings (SSSR count). The topological polar surface area (TPSA) is 177 Å². The highest BCUT2D eigenvalue weighted by Crippen LogP contribution is 2.32. The van der Waals surface area contributed by atoms with Crippen LogP contribution in [0.25, 0.3) is 0 Å². The number of unbranched alkanes of at least 4 members (excludes halogenated alkanes) is 2. The fourth-order valence-corrected chi connectivity index (χ4v) is 3.63. The zero-order valence-electron chi connectivity index (χ0n) is 23.0. The number of methoxy groups -OCH3 is 1. The number of amides is 4. The molecule has 0 aliphatic carbocycles. The molecule has 2 atom stereocenters. The van der Waals surface area contributed by atoms with Crippen molar-refractivity contribution in [3.05, 3.63) is 29.3 Å². The van der Waals surface area contributed by atoms with Crippen molar-refractivity contribution in [3.63, 3.8) is 0 Å². The molecule has 0 radical (unpaired) electrons. The molecule has 1 aromatic carbocycles. The molecule has 1 aromatic rings. The monoisotopic (exact) mass is 536 g/mol. The number of nitrogens with two attached hydrogens (primary N) is 1. The van der Waals surface area contributed by atoms with Crippen molar-refractivity contribution < 1.29 is 38.6 Å². The van der Waals surface area contributed by atoms with Crippen LogP contribution in [-0.2, 0) is 28.7 Å². The number of esters is 1. The Kier molecular flexibility index (Phi) is 12.5. The predicted molar refractivity (Wildman–Crippen MR) is 139 cm³/mol. The molecule has 0 saturated heterocycles. The summed E-state index contributed by atoms with van der Waals surface area (Å²) in [4.78, 5) is 64.5. The third kappa shape index (κ3) is 10.3. The number of benzene rings is 1.